The Balaban J connectivity index is 2.44. The van der Waals surface area contributed by atoms with Gasteiger partial charge in [-0.3, -0.25) is 4.90 Å². The van der Waals surface area contributed by atoms with Gasteiger partial charge in [0, 0.05) is 37.3 Å². The summed E-state index contributed by atoms with van der Waals surface area (Å²) in [5.41, 5.74) is 0.820. The van der Waals surface area contributed by atoms with E-state index in [9.17, 15) is 5.26 Å². The van der Waals surface area contributed by atoms with Crippen molar-refractivity contribution in [1.29, 1.82) is 5.26 Å². The van der Waals surface area contributed by atoms with Crippen LogP contribution in [0.3, 0.4) is 0 Å². The van der Waals surface area contributed by atoms with Crippen LogP contribution in [-0.4, -0.2) is 63.9 Å². The molecule has 1 fully saturated rings. The molecule has 2 atom stereocenters. The number of piperazine rings is 1. The summed E-state index contributed by atoms with van der Waals surface area (Å²) in [4.78, 5) is 4.58. The van der Waals surface area contributed by atoms with Crippen LogP contribution in [0.4, 0.5) is 0 Å². The first-order chi connectivity index (χ1) is 11.6. The molecule has 6 nitrogen and oxygen atoms in total. The largest absolute Gasteiger partial charge is 0.496 e. The van der Waals surface area contributed by atoms with E-state index in [2.05, 4.69) is 29.8 Å². The summed E-state index contributed by atoms with van der Waals surface area (Å²) in [5.74, 6) is 1.85. The van der Waals surface area contributed by atoms with Crippen molar-refractivity contribution in [2.45, 2.75) is 25.4 Å². The van der Waals surface area contributed by atoms with Crippen molar-refractivity contribution >= 4 is 0 Å². The zero-order chi connectivity index (χ0) is 17.7. The Morgan fingerprint density at radius 2 is 1.75 bits per heavy atom. The van der Waals surface area contributed by atoms with Crippen molar-refractivity contribution in [1.82, 2.24) is 9.80 Å². The molecule has 24 heavy (non-hydrogen) atoms. The molecule has 132 valence electrons. The first-order valence-electron chi connectivity index (χ1n) is 8.23. The molecule has 2 unspecified atom stereocenters. The lowest BCUT2D eigenvalue weighted by molar-refractivity contribution is 0.0667. The van der Waals surface area contributed by atoms with Gasteiger partial charge < -0.3 is 19.1 Å². The van der Waals surface area contributed by atoms with Crippen LogP contribution in [-0.2, 0) is 0 Å². The molecule has 6 heteroatoms. The zero-order valence-electron chi connectivity index (χ0n) is 15.2. The monoisotopic (exact) mass is 333 g/mol. The van der Waals surface area contributed by atoms with E-state index < -0.39 is 0 Å². The Labute approximate surface area is 144 Å². The zero-order valence-corrected chi connectivity index (χ0v) is 15.2. The van der Waals surface area contributed by atoms with Gasteiger partial charge in [0.1, 0.15) is 11.8 Å². The number of hydrogen-bond acceptors (Lipinski definition) is 6. The molecule has 0 bridgehead atoms. The summed E-state index contributed by atoms with van der Waals surface area (Å²) in [6.45, 7) is 4.93. The van der Waals surface area contributed by atoms with Gasteiger partial charge in [0.15, 0.2) is 11.5 Å². The van der Waals surface area contributed by atoms with Gasteiger partial charge in [0.25, 0.3) is 0 Å². The maximum Gasteiger partial charge on any atom is 0.164 e. The fourth-order valence-corrected chi connectivity index (χ4v) is 3.32. The molecule has 0 aliphatic carbocycles. The first kappa shape index (κ1) is 18.4. The van der Waals surface area contributed by atoms with Crippen LogP contribution < -0.4 is 14.2 Å². The Morgan fingerprint density at radius 1 is 1.12 bits per heavy atom. The summed E-state index contributed by atoms with van der Waals surface area (Å²) < 4.78 is 16.3. The van der Waals surface area contributed by atoms with E-state index in [0.29, 0.717) is 23.3 Å². The quantitative estimate of drug-likeness (QED) is 0.796. The molecule has 0 N–H and O–H groups in total. The summed E-state index contributed by atoms with van der Waals surface area (Å²) in [6.07, 6.45) is 0.998. The molecule has 0 spiro atoms. The lowest BCUT2D eigenvalue weighted by Gasteiger charge is -2.42. The summed E-state index contributed by atoms with van der Waals surface area (Å²) >= 11 is 0. The molecule has 1 saturated heterocycles. The minimum atomic E-state index is -0.376. The second-order valence-corrected chi connectivity index (χ2v) is 6.04. The Kier molecular flexibility index (Phi) is 6.29. The van der Waals surface area contributed by atoms with E-state index in [1.807, 2.05) is 6.07 Å². The SMILES string of the molecule is CCC1CN(C)CCN1C(C#N)c1cc(OC)c(OC)cc1OC. The number of nitriles is 1. The van der Waals surface area contributed by atoms with Crippen molar-refractivity contribution < 1.29 is 14.2 Å². The van der Waals surface area contributed by atoms with E-state index in [4.69, 9.17) is 14.2 Å². The van der Waals surface area contributed by atoms with Crippen LogP contribution in [0.5, 0.6) is 17.2 Å². The molecule has 1 heterocycles. The van der Waals surface area contributed by atoms with E-state index in [1.165, 1.54) is 0 Å². The average molecular weight is 333 g/mol. The van der Waals surface area contributed by atoms with Gasteiger partial charge in [-0.2, -0.15) is 5.26 Å². The smallest absolute Gasteiger partial charge is 0.164 e. The molecule has 0 amide bonds. The van der Waals surface area contributed by atoms with Crippen molar-refractivity contribution in [2.75, 3.05) is 48.0 Å². The summed E-state index contributed by atoms with van der Waals surface area (Å²) in [5, 5.41) is 9.89. The Hall–Kier alpha value is -1.97. The average Bonchev–Trinajstić information content (AvgIpc) is 2.62. The van der Waals surface area contributed by atoms with Crippen LogP contribution in [0, 0.1) is 11.3 Å². The predicted octanol–water partition coefficient (Wildman–Crippen LogP) is 2.30. The van der Waals surface area contributed by atoms with E-state index in [1.54, 1.807) is 27.4 Å². The van der Waals surface area contributed by atoms with Crippen molar-refractivity contribution in [2.24, 2.45) is 0 Å². The minimum absolute atomic E-state index is 0.339. The third kappa shape index (κ3) is 3.58. The molecule has 0 aromatic heterocycles. The third-order valence-corrected chi connectivity index (χ3v) is 4.69. The summed E-state index contributed by atoms with van der Waals surface area (Å²) in [7, 11) is 6.92. The maximum absolute atomic E-state index is 9.89. The molecular formula is C18H27N3O3. The van der Waals surface area contributed by atoms with Crippen LogP contribution in [0.2, 0.25) is 0 Å². The second-order valence-electron chi connectivity index (χ2n) is 6.04. The molecule has 1 aromatic carbocycles. The van der Waals surface area contributed by atoms with Crippen LogP contribution in [0.15, 0.2) is 12.1 Å². The topological polar surface area (TPSA) is 58.0 Å². The van der Waals surface area contributed by atoms with Gasteiger partial charge in [-0.25, -0.2) is 0 Å². The number of methoxy groups -OCH3 is 3. The van der Waals surface area contributed by atoms with Gasteiger partial charge in [-0.05, 0) is 19.5 Å². The number of nitrogens with zero attached hydrogens (tertiary/aromatic N) is 3. The number of likely N-dealkylation sites (N-methyl/N-ethyl adjacent to an activating group) is 1. The van der Waals surface area contributed by atoms with Gasteiger partial charge in [0.2, 0.25) is 0 Å². The normalized spacial score (nSPS) is 20.2. The van der Waals surface area contributed by atoms with Crippen molar-refractivity contribution in [3.05, 3.63) is 17.7 Å². The number of hydrogen-bond donors (Lipinski definition) is 0. The predicted molar refractivity (Wildman–Crippen MR) is 92.7 cm³/mol. The van der Waals surface area contributed by atoms with Gasteiger partial charge in [-0.1, -0.05) is 6.92 Å². The lowest BCUT2D eigenvalue weighted by Crippen LogP contribution is -2.52. The number of rotatable bonds is 6. The molecule has 1 aliphatic rings. The molecule has 0 saturated carbocycles. The van der Waals surface area contributed by atoms with Crippen molar-refractivity contribution in [3.63, 3.8) is 0 Å². The number of ether oxygens (including phenoxy) is 3. The van der Waals surface area contributed by atoms with E-state index in [0.717, 1.165) is 31.6 Å². The fourth-order valence-electron chi connectivity index (χ4n) is 3.32. The van der Waals surface area contributed by atoms with E-state index >= 15 is 0 Å². The van der Waals surface area contributed by atoms with Gasteiger partial charge in [0.05, 0.1) is 27.4 Å². The Morgan fingerprint density at radius 3 is 2.29 bits per heavy atom. The highest BCUT2D eigenvalue weighted by Crippen LogP contribution is 2.40. The van der Waals surface area contributed by atoms with Crippen LogP contribution >= 0.6 is 0 Å². The van der Waals surface area contributed by atoms with Crippen LogP contribution in [0.25, 0.3) is 0 Å². The minimum Gasteiger partial charge on any atom is -0.496 e. The molecule has 1 aromatic rings. The molecule has 2 rings (SSSR count). The summed E-state index contributed by atoms with van der Waals surface area (Å²) in [6, 6.07) is 6.07. The van der Waals surface area contributed by atoms with Gasteiger partial charge >= 0.3 is 0 Å². The fraction of sp³-hybridized carbons (Fsp3) is 0.611. The molecule has 0 radical (unpaired) electrons. The molecular weight excluding hydrogens is 306 g/mol. The Bertz CT molecular complexity index is 600. The third-order valence-electron chi connectivity index (χ3n) is 4.69. The number of benzene rings is 1. The maximum atomic E-state index is 9.89. The van der Waals surface area contributed by atoms with Gasteiger partial charge in [-0.15, -0.1) is 0 Å². The van der Waals surface area contributed by atoms with Crippen molar-refractivity contribution in [3.8, 4) is 23.3 Å². The molecule has 1 aliphatic heterocycles. The van der Waals surface area contributed by atoms with Crippen LogP contribution in [0.1, 0.15) is 24.9 Å². The lowest BCUT2D eigenvalue weighted by atomic mass is 9.99. The highest BCUT2D eigenvalue weighted by Gasteiger charge is 2.33. The highest BCUT2D eigenvalue weighted by molar-refractivity contribution is 5.53. The van der Waals surface area contributed by atoms with E-state index in [-0.39, 0.29) is 6.04 Å². The standard InChI is InChI=1S/C18H27N3O3/c1-6-13-12-20(2)7-8-21(13)15(11-19)14-9-17(23-4)18(24-5)10-16(14)22-3/h9-10,13,15H,6-8,12H2,1-5H3. The second kappa shape index (κ2) is 8.22. The first-order valence-corrected chi connectivity index (χ1v) is 8.23. The highest BCUT2D eigenvalue weighted by atomic mass is 16.5.